The second-order valence-corrected chi connectivity index (χ2v) is 4.24. The molecule has 1 N–H and O–H groups in total. The van der Waals surface area contributed by atoms with Crippen molar-refractivity contribution in [2.24, 2.45) is 0 Å². The van der Waals surface area contributed by atoms with Gasteiger partial charge in [-0.3, -0.25) is 14.5 Å². The molecule has 0 saturated carbocycles. The third kappa shape index (κ3) is 2.36. The zero-order valence-corrected chi connectivity index (χ0v) is 10.5. The maximum absolute atomic E-state index is 11.7. The number of rotatable bonds is 4. The molecule has 0 aromatic heterocycles. The van der Waals surface area contributed by atoms with Gasteiger partial charge in [0.15, 0.2) is 0 Å². The van der Waals surface area contributed by atoms with E-state index in [9.17, 15) is 9.59 Å². The predicted octanol–water partition coefficient (Wildman–Crippen LogP) is 0.542. The van der Waals surface area contributed by atoms with Crippen molar-refractivity contribution in [2.75, 3.05) is 14.2 Å². The Bertz CT molecular complexity index is 473. The summed E-state index contributed by atoms with van der Waals surface area (Å²) in [5.41, 5.74) is 0.967. The lowest BCUT2D eigenvalue weighted by Gasteiger charge is -2.13. The second kappa shape index (κ2) is 5.18. The van der Waals surface area contributed by atoms with Crippen LogP contribution in [0.5, 0.6) is 5.75 Å². The van der Waals surface area contributed by atoms with Crippen molar-refractivity contribution >= 4 is 11.8 Å². The number of carbonyl (C=O) groups excluding carboxylic acids is 2. The highest BCUT2D eigenvalue weighted by molar-refractivity contribution is 6.05. The summed E-state index contributed by atoms with van der Waals surface area (Å²) in [6, 6.07) is 7.17. The highest BCUT2D eigenvalue weighted by atomic mass is 16.5. The first kappa shape index (κ1) is 12.6. The molecule has 1 aliphatic rings. The molecule has 1 saturated heterocycles. The van der Waals surface area contributed by atoms with Gasteiger partial charge in [0.2, 0.25) is 11.8 Å². The number of likely N-dealkylation sites (N-methyl/N-ethyl adjacent to an activating group) is 1. The first-order valence-electron chi connectivity index (χ1n) is 5.79. The number of benzene rings is 1. The van der Waals surface area contributed by atoms with Crippen LogP contribution in [0.25, 0.3) is 0 Å². The number of hydrogen-bond acceptors (Lipinski definition) is 4. The zero-order valence-electron chi connectivity index (χ0n) is 10.5. The highest BCUT2D eigenvalue weighted by Gasteiger charge is 2.35. The van der Waals surface area contributed by atoms with E-state index in [0.717, 1.165) is 11.3 Å². The van der Waals surface area contributed by atoms with Crippen LogP contribution in [0.3, 0.4) is 0 Å². The lowest BCUT2D eigenvalue weighted by Crippen LogP contribution is -2.36. The molecule has 5 heteroatoms. The molecule has 0 bridgehead atoms. The maximum Gasteiger partial charge on any atom is 0.246 e. The summed E-state index contributed by atoms with van der Waals surface area (Å²) in [4.78, 5) is 24.2. The number of para-hydroxylation sites is 1. The molecule has 1 heterocycles. The Morgan fingerprint density at radius 3 is 2.72 bits per heavy atom. The molecule has 1 fully saturated rings. The third-order valence-corrected chi connectivity index (χ3v) is 3.11. The van der Waals surface area contributed by atoms with Crippen LogP contribution in [0, 0.1) is 0 Å². The van der Waals surface area contributed by atoms with Gasteiger partial charge in [-0.15, -0.1) is 0 Å². The summed E-state index contributed by atoms with van der Waals surface area (Å²) in [7, 11) is 3.12. The van der Waals surface area contributed by atoms with Gasteiger partial charge in [-0.2, -0.15) is 0 Å². The van der Waals surface area contributed by atoms with Crippen molar-refractivity contribution in [1.29, 1.82) is 0 Å². The topological polar surface area (TPSA) is 58.6 Å². The minimum absolute atomic E-state index is 0.141. The number of nitrogens with one attached hydrogen (secondary N) is 1. The van der Waals surface area contributed by atoms with E-state index in [-0.39, 0.29) is 18.2 Å². The zero-order chi connectivity index (χ0) is 13.1. The average Bonchev–Trinajstić information content (AvgIpc) is 2.64. The molecule has 0 spiro atoms. The maximum atomic E-state index is 11.7. The van der Waals surface area contributed by atoms with Crippen LogP contribution >= 0.6 is 0 Å². The summed E-state index contributed by atoms with van der Waals surface area (Å²) in [5, 5.41) is 3.09. The Morgan fingerprint density at radius 1 is 1.39 bits per heavy atom. The van der Waals surface area contributed by atoms with Gasteiger partial charge in [-0.1, -0.05) is 18.2 Å². The van der Waals surface area contributed by atoms with Gasteiger partial charge in [-0.05, 0) is 6.07 Å². The van der Waals surface area contributed by atoms with Crippen LogP contribution in [0.4, 0.5) is 0 Å². The lowest BCUT2D eigenvalue weighted by atomic mass is 10.1. The van der Waals surface area contributed by atoms with Crippen LogP contribution in [-0.2, 0) is 16.1 Å². The fourth-order valence-corrected chi connectivity index (χ4v) is 2.00. The van der Waals surface area contributed by atoms with Crippen molar-refractivity contribution in [3.8, 4) is 5.75 Å². The Hall–Kier alpha value is -1.88. The van der Waals surface area contributed by atoms with Crippen LogP contribution in [0.1, 0.15) is 12.0 Å². The molecule has 1 aliphatic heterocycles. The minimum atomic E-state index is -0.424. The van der Waals surface area contributed by atoms with E-state index in [2.05, 4.69) is 5.32 Å². The molecule has 2 amide bonds. The number of ether oxygens (including phenoxy) is 1. The van der Waals surface area contributed by atoms with E-state index < -0.39 is 6.04 Å². The first-order chi connectivity index (χ1) is 8.63. The van der Waals surface area contributed by atoms with Gasteiger partial charge in [0.25, 0.3) is 0 Å². The molecule has 96 valence electrons. The fraction of sp³-hybridized carbons (Fsp3) is 0.385. The quantitative estimate of drug-likeness (QED) is 0.790. The Labute approximate surface area is 106 Å². The van der Waals surface area contributed by atoms with E-state index >= 15 is 0 Å². The van der Waals surface area contributed by atoms with Gasteiger partial charge in [-0.25, -0.2) is 0 Å². The largest absolute Gasteiger partial charge is 0.496 e. The molecule has 1 aromatic carbocycles. The van der Waals surface area contributed by atoms with Gasteiger partial charge in [0, 0.05) is 19.2 Å². The van der Waals surface area contributed by atoms with Crippen molar-refractivity contribution < 1.29 is 14.3 Å². The second-order valence-electron chi connectivity index (χ2n) is 4.24. The summed E-state index contributed by atoms with van der Waals surface area (Å²) in [6.07, 6.45) is 0.227. The van der Waals surface area contributed by atoms with Crippen molar-refractivity contribution in [3.63, 3.8) is 0 Å². The minimum Gasteiger partial charge on any atom is -0.496 e. The summed E-state index contributed by atoms with van der Waals surface area (Å²) >= 11 is 0. The van der Waals surface area contributed by atoms with Crippen LogP contribution in [0.2, 0.25) is 0 Å². The van der Waals surface area contributed by atoms with Crippen molar-refractivity contribution in [1.82, 2.24) is 10.2 Å². The number of imide groups is 1. The van der Waals surface area contributed by atoms with Gasteiger partial charge in [0.05, 0.1) is 19.6 Å². The molecule has 1 aromatic rings. The van der Waals surface area contributed by atoms with Crippen LogP contribution in [0.15, 0.2) is 24.3 Å². The SMILES string of the molecule is COc1ccccc1CNC1CC(=O)N(C)C1=O. The first-order valence-corrected chi connectivity index (χ1v) is 5.79. The molecule has 1 unspecified atom stereocenters. The molecule has 5 nitrogen and oxygen atoms in total. The lowest BCUT2D eigenvalue weighted by molar-refractivity contribution is -0.137. The number of methoxy groups -OCH3 is 1. The number of hydrogen-bond donors (Lipinski definition) is 1. The number of likely N-dealkylation sites (tertiary alicyclic amines) is 1. The average molecular weight is 248 g/mol. The van der Waals surface area contributed by atoms with E-state index in [0.29, 0.717) is 6.54 Å². The molecule has 2 rings (SSSR count). The standard InChI is InChI=1S/C13H16N2O3/c1-15-12(16)7-10(13(15)17)14-8-9-5-3-4-6-11(9)18-2/h3-6,10,14H,7-8H2,1-2H3. The molecule has 0 aliphatic carbocycles. The molecule has 0 radical (unpaired) electrons. The summed E-state index contributed by atoms with van der Waals surface area (Å²) in [5.74, 6) is 0.461. The summed E-state index contributed by atoms with van der Waals surface area (Å²) < 4.78 is 5.23. The fourth-order valence-electron chi connectivity index (χ4n) is 2.00. The van der Waals surface area contributed by atoms with E-state index in [4.69, 9.17) is 4.74 Å². The monoisotopic (exact) mass is 248 g/mol. The Morgan fingerprint density at radius 2 is 2.11 bits per heavy atom. The van der Waals surface area contributed by atoms with Gasteiger partial charge in [0.1, 0.15) is 5.75 Å². The predicted molar refractivity (Wildman–Crippen MR) is 66.0 cm³/mol. The van der Waals surface area contributed by atoms with E-state index in [1.165, 1.54) is 11.9 Å². The third-order valence-electron chi connectivity index (χ3n) is 3.11. The summed E-state index contributed by atoms with van der Waals surface area (Å²) in [6.45, 7) is 0.502. The Balaban J connectivity index is 2.00. The number of amides is 2. The number of carbonyl (C=O) groups is 2. The van der Waals surface area contributed by atoms with Crippen LogP contribution in [-0.4, -0.2) is 36.9 Å². The normalized spacial score (nSPS) is 19.4. The highest BCUT2D eigenvalue weighted by Crippen LogP contribution is 2.18. The van der Waals surface area contributed by atoms with Gasteiger partial charge >= 0.3 is 0 Å². The smallest absolute Gasteiger partial charge is 0.246 e. The molecular formula is C13H16N2O3. The number of nitrogens with zero attached hydrogens (tertiary/aromatic N) is 1. The molecule has 18 heavy (non-hydrogen) atoms. The van der Waals surface area contributed by atoms with Gasteiger partial charge < -0.3 is 10.1 Å². The Kier molecular flexibility index (Phi) is 3.62. The molecule has 1 atom stereocenters. The van der Waals surface area contributed by atoms with Crippen molar-refractivity contribution in [3.05, 3.63) is 29.8 Å². The van der Waals surface area contributed by atoms with Crippen LogP contribution < -0.4 is 10.1 Å². The molecular weight excluding hydrogens is 232 g/mol. The van der Waals surface area contributed by atoms with Crippen molar-refractivity contribution in [2.45, 2.75) is 19.0 Å². The van der Waals surface area contributed by atoms with E-state index in [1.54, 1.807) is 7.11 Å². The van der Waals surface area contributed by atoms with E-state index in [1.807, 2.05) is 24.3 Å².